The Morgan fingerprint density at radius 2 is 2.15 bits per heavy atom. The molecule has 0 aliphatic rings. The third-order valence-corrected chi connectivity index (χ3v) is 5.04. The lowest BCUT2D eigenvalue weighted by Gasteiger charge is -2.05. The van der Waals surface area contributed by atoms with E-state index in [1.165, 1.54) is 17.7 Å². The highest BCUT2D eigenvalue weighted by Gasteiger charge is 2.17. The summed E-state index contributed by atoms with van der Waals surface area (Å²) in [4.78, 5) is 25.8. The van der Waals surface area contributed by atoms with Gasteiger partial charge in [0, 0.05) is 12.7 Å². The number of rotatable bonds is 5. The molecule has 136 valence electrons. The summed E-state index contributed by atoms with van der Waals surface area (Å²) in [5.41, 5.74) is 1.57. The second-order valence-electron chi connectivity index (χ2n) is 5.89. The topological polar surface area (TPSA) is 98.7 Å². The molecule has 4 aromatic heterocycles. The number of furan rings is 1. The monoisotopic (exact) mass is 380 g/mol. The number of thiazole rings is 1. The van der Waals surface area contributed by atoms with Gasteiger partial charge in [0.2, 0.25) is 0 Å². The predicted molar refractivity (Wildman–Crippen MR) is 99.6 cm³/mol. The summed E-state index contributed by atoms with van der Waals surface area (Å²) >= 11 is 1.32. The fourth-order valence-corrected chi connectivity index (χ4v) is 3.45. The Morgan fingerprint density at radius 1 is 1.26 bits per heavy atom. The Hall–Kier alpha value is -3.33. The first-order valence-corrected chi connectivity index (χ1v) is 9.04. The summed E-state index contributed by atoms with van der Waals surface area (Å²) in [7, 11) is 0. The van der Waals surface area contributed by atoms with Gasteiger partial charge < -0.3 is 9.73 Å². The molecule has 0 fully saturated rings. The van der Waals surface area contributed by atoms with Crippen LogP contribution in [0.25, 0.3) is 16.6 Å². The summed E-state index contributed by atoms with van der Waals surface area (Å²) < 4.78 is 7.16. The van der Waals surface area contributed by atoms with Crippen molar-refractivity contribution in [2.75, 3.05) is 0 Å². The van der Waals surface area contributed by atoms with Crippen molar-refractivity contribution in [2.24, 2.45) is 0 Å². The maximum atomic E-state index is 12.5. The van der Waals surface area contributed by atoms with Crippen LogP contribution in [-0.2, 0) is 6.54 Å². The number of aromatic nitrogens is 5. The third-order valence-electron chi connectivity index (χ3n) is 3.87. The first-order chi connectivity index (χ1) is 13.1. The van der Waals surface area contributed by atoms with Crippen molar-refractivity contribution in [2.45, 2.75) is 20.4 Å². The molecule has 0 atom stereocenters. The van der Waals surface area contributed by atoms with Gasteiger partial charge in [-0.25, -0.2) is 19.6 Å². The number of nitrogens with one attached hydrogen (secondary N) is 1. The quantitative estimate of drug-likeness (QED) is 0.571. The zero-order chi connectivity index (χ0) is 18.8. The van der Waals surface area contributed by atoms with Crippen molar-refractivity contribution in [3.8, 4) is 16.6 Å². The van der Waals surface area contributed by atoms with Gasteiger partial charge in [-0.1, -0.05) is 6.07 Å². The highest BCUT2D eigenvalue weighted by molar-refractivity contribution is 7.17. The lowest BCUT2D eigenvalue weighted by atomic mass is 10.2. The number of aryl methyl sites for hydroxylation is 2. The van der Waals surface area contributed by atoms with Gasteiger partial charge in [0.05, 0.1) is 5.69 Å². The van der Waals surface area contributed by atoms with Gasteiger partial charge in [-0.3, -0.25) is 4.79 Å². The van der Waals surface area contributed by atoms with Crippen LogP contribution in [-0.4, -0.2) is 30.6 Å². The molecule has 4 aromatic rings. The van der Waals surface area contributed by atoms with Gasteiger partial charge in [0.25, 0.3) is 5.91 Å². The molecular weight excluding hydrogens is 364 g/mol. The van der Waals surface area contributed by atoms with Crippen molar-refractivity contribution >= 4 is 17.2 Å². The third kappa shape index (κ3) is 3.63. The van der Waals surface area contributed by atoms with Crippen molar-refractivity contribution < 1.29 is 9.21 Å². The average molecular weight is 380 g/mol. The summed E-state index contributed by atoms with van der Waals surface area (Å²) in [6, 6.07) is 7.45. The Balaban J connectivity index is 1.43. The Labute approximate surface area is 158 Å². The Morgan fingerprint density at radius 3 is 2.81 bits per heavy atom. The summed E-state index contributed by atoms with van der Waals surface area (Å²) in [5, 5.41) is 7.63. The fourth-order valence-electron chi connectivity index (χ4n) is 2.51. The average Bonchev–Trinajstić information content (AvgIpc) is 3.41. The maximum Gasteiger partial charge on any atom is 0.263 e. The van der Waals surface area contributed by atoms with E-state index in [1.807, 2.05) is 38.1 Å². The van der Waals surface area contributed by atoms with E-state index in [0.29, 0.717) is 33.7 Å². The molecule has 0 bridgehead atoms. The number of nitrogens with zero attached hydrogens (tertiary/aromatic N) is 5. The molecule has 9 heteroatoms. The van der Waals surface area contributed by atoms with E-state index < -0.39 is 0 Å². The van der Waals surface area contributed by atoms with Crippen LogP contribution >= 0.6 is 11.3 Å². The summed E-state index contributed by atoms with van der Waals surface area (Å²) in [6.45, 7) is 4.06. The van der Waals surface area contributed by atoms with Gasteiger partial charge in [0.15, 0.2) is 16.6 Å². The number of hydrogen-bond donors (Lipinski definition) is 1. The molecule has 0 aromatic carbocycles. The molecule has 1 amide bonds. The van der Waals surface area contributed by atoms with Crippen LogP contribution in [0.1, 0.15) is 26.7 Å². The maximum absolute atomic E-state index is 12.5. The molecule has 0 spiro atoms. The molecular formula is C18H16N6O2S. The van der Waals surface area contributed by atoms with Crippen LogP contribution < -0.4 is 5.32 Å². The van der Waals surface area contributed by atoms with Crippen LogP contribution in [0.5, 0.6) is 0 Å². The van der Waals surface area contributed by atoms with Crippen LogP contribution in [0.4, 0.5) is 0 Å². The number of carbonyl (C=O) groups excluding carboxylic acids is 1. The first kappa shape index (κ1) is 17.1. The molecule has 0 saturated carbocycles. The largest absolute Gasteiger partial charge is 0.459 e. The number of pyridine rings is 1. The smallest absolute Gasteiger partial charge is 0.263 e. The first-order valence-electron chi connectivity index (χ1n) is 8.22. The highest BCUT2D eigenvalue weighted by Crippen LogP contribution is 2.29. The van der Waals surface area contributed by atoms with Crippen molar-refractivity contribution in [3.05, 3.63) is 65.0 Å². The highest BCUT2D eigenvalue weighted by atomic mass is 32.1. The number of carbonyl (C=O) groups is 1. The second kappa shape index (κ2) is 7.12. The normalized spacial score (nSPS) is 10.9. The van der Waals surface area contributed by atoms with Gasteiger partial charge >= 0.3 is 0 Å². The summed E-state index contributed by atoms with van der Waals surface area (Å²) in [5.74, 6) is 1.98. The van der Waals surface area contributed by atoms with E-state index in [1.54, 1.807) is 17.2 Å². The zero-order valence-electron chi connectivity index (χ0n) is 14.7. The lowest BCUT2D eigenvalue weighted by Crippen LogP contribution is -2.22. The van der Waals surface area contributed by atoms with Gasteiger partial charge in [-0.2, -0.15) is 5.10 Å². The molecule has 0 unspecified atom stereocenters. The van der Waals surface area contributed by atoms with Crippen molar-refractivity contribution in [1.82, 2.24) is 30.0 Å². The van der Waals surface area contributed by atoms with Crippen molar-refractivity contribution in [1.29, 1.82) is 0 Å². The number of amides is 1. The minimum absolute atomic E-state index is 0.167. The van der Waals surface area contributed by atoms with Crippen LogP contribution in [0.3, 0.4) is 0 Å². The summed E-state index contributed by atoms with van der Waals surface area (Å²) in [6.07, 6.45) is 4.73. The van der Waals surface area contributed by atoms with Crippen molar-refractivity contribution in [3.63, 3.8) is 0 Å². The van der Waals surface area contributed by atoms with E-state index in [9.17, 15) is 4.79 Å². The standard InChI is InChI=1S/C18H16N6O2S/c1-11-3-5-14(26-11)18-23-12(2)16(27-18)17(25)21-8-13-4-6-15(20-7-13)24-10-19-9-22-24/h3-7,9-10H,8H2,1-2H3,(H,21,25). The van der Waals surface area contributed by atoms with Gasteiger partial charge in [-0.05, 0) is 37.6 Å². The van der Waals surface area contributed by atoms with E-state index in [4.69, 9.17) is 4.42 Å². The Bertz CT molecular complexity index is 1070. The molecule has 0 saturated heterocycles. The predicted octanol–water partition coefficient (Wildman–Crippen LogP) is 2.93. The molecule has 0 aliphatic heterocycles. The molecule has 8 nitrogen and oxygen atoms in total. The van der Waals surface area contributed by atoms with Crippen LogP contribution in [0.2, 0.25) is 0 Å². The molecule has 0 radical (unpaired) electrons. The molecule has 0 aliphatic carbocycles. The number of hydrogen-bond acceptors (Lipinski definition) is 7. The van der Waals surface area contributed by atoms with Gasteiger partial charge in [0.1, 0.15) is 23.3 Å². The van der Waals surface area contributed by atoms with E-state index in [-0.39, 0.29) is 5.91 Å². The lowest BCUT2D eigenvalue weighted by molar-refractivity contribution is 0.0954. The van der Waals surface area contributed by atoms with E-state index in [2.05, 4.69) is 25.4 Å². The van der Waals surface area contributed by atoms with Crippen LogP contribution in [0, 0.1) is 13.8 Å². The molecule has 4 heterocycles. The fraction of sp³-hybridized carbons (Fsp3) is 0.167. The minimum atomic E-state index is -0.167. The van der Waals surface area contributed by atoms with Crippen LogP contribution in [0.15, 0.2) is 47.5 Å². The van der Waals surface area contributed by atoms with Gasteiger partial charge in [-0.15, -0.1) is 11.3 Å². The zero-order valence-corrected chi connectivity index (χ0v) is 15.5. The van der Waals surface area contributed by atoms with E-state index >= 15 is 0 Å². The van der Waals surface area contributed by atoms with E-state index in [0.717, 1.165) is 11.3 Å². The molecule has 4 rings (SSSR count). The second-order valence-corrected chi connectivity index (χ2v) is 6.89. The molecule has 1 N–H and O–H groups in total. The molecule has 27 heavy (non-hydrogen) atoms. The Kier molecular flexibility index (Phi) is 4.51. The minimum Gasteiger partial charge on any atom is -0.459 e. The SMILES string of the molecule is Cc1ccc(-c2nc(C)c(C(=O)NCc3ccc(-n4cncn4)nc3)s2)o1.